The minimum Gasteiger partial charge on any atom is -0.376 e. The Hall–Kier alpha value is -1.03. The van der Waals surface area contributed by atoms with Gasteiger partial charge in [-0.3, -0.25) is 0 Å². The number of alkyl halides is 3. The maximum atomic E-state index is 13.0. The molecule has 2 rings (SSSR count). The van der Waals surface area contributed by atoms with Crippen LogP contribution in [0.4, 0.5) is 13.2 Å². The van der Waals surface area contributed by atoms with E-state index in [1.165, 1.54) is 6.07 Å². The summed E-state index contributed by atoms with van der Waals surface area (Å²) in [6.07, 6.45) is -3.00. The molecule has 0 spiro atoms. The van der Waals surface area contributed by atoms with Crippen molar-refractivity contribution in [1.82, 2.24) is 0 Å². The molecule has 100 valence electrons. The lowest BCUT2D eigenvalue weighted by Gasteiger charge is -2.36. The highest BCUT2D eigenvalue weighted by Crippen LogP contribution is 2.41. The van der Waals surface area contributed by atoms with E-state index in [2.05, 4.69) is 0 Å². The largest absolute Gasteiger partial charge is 0.416 e. The first kappa shape index (κ1) is 13.4. The topological polar surface area (TPSA) is 9.23 Å². The Kier molecular flexibility index (Phi) is 3.41. The van der Waals surface area contributed by atoms with Gasteiger partial charge in [-0.15, -0.1) is 0 Å². The highest BCUT2D eigenvalue weighted by molar-refractivity contribution is 5.33. The summed E-state index contributed by atoms with van der Waals surface area (Å²) in [5, 5.41) is 0. The zero-order valence-corrected chi connectivity index (χ0v) is 10.6. The summed E-state index contributed by atoms with van der Waals surface area (Å²) in [6, 6.07) is 5.87. The number of rotatable bonds is 1. The zero-order chi connectivity index (χ0) is 13.4. The first-order valence-corrected chi connectivity index (χ1v) is 6.10. The summed E-state index contributed by atoms with van der Waals surface area (Å²) in [5.41, 5.74) is -0.448. The van der Waals surface area contributed by atoms with Crippen molar-refractivity contribution < 1.29 is 17.9 Å². The van der Waals surface area contributed by atoms with Crippen LogP contribution in [0.2, 0.25) is 0 Å². The van der Waals surface area contributed by atoms with Crippen LogP contribution in [0.5, 0.6) is 0 Å². The van der Waals surface area contributed by atoms with Gasteiger partial charge in [0, 0.05) is 6.61 Å². The minimum atomic E-state index is -4.28. The summed E-state index contributed by atoms with van der Waals surface area (Å²) in [6.45, 7) is 4.37. The quantitative estimate of drug-likeness (QED) is 0.726. The first-order valence-electron chi connectivity index (χ1n) is 6.10. The average molecular weight is 258 g/mol. The van der Waals surface area contributed by atoms with Crippen LogP contribution in [0.3, 0.4) is 0 Å². The first-order chi connectivity index (χ1) is 8.30. The van der Waals surface area contributed by atoms with Gasteiger partial charge in [0.15, 0.2) is 0 Å². The van der Waals surface area contributed by atoms with E-state index in [0.29, 0.717) is 25.0 Å². The molecule has 0 saturated carbocycles. The number of ether oxygens (including phenoxy) is 1. The van der Waals surface area contributed by atoms with Crippen molar-refractivity contribution in [3.63, 3.8) is 0 Å². The van der Waals surface area contributed by atoms with Gasteiger partial charge in [0.05, 0.1) is 11.2 Å². The van der Waals surface area contributed by atoms with E-state index in [-0.39, 0.29) is 11.5 Å². The van der Waals surface area contributed by atoms with Gasteiger partial charge in [-0.1, -0.05) is 18.2 Å². The van der Waals surface area contributed by atoms with E-state index < -0.39 is 11.7 Å². The second-order valence-electron chi connectivity index (χ2n) is 5.38. The molecular formula is C14H17F3O. The molecule has 1 aliphatic rings. The Morgan fingerprint density at radius 2 is 1.89 bits per heavy atom. The number of hydrogen-bond donors (Lipinski definition) is 0. The third-order valence-electron chi connectivity index (χ3n) is 3.40. The van der Waals surface area contributed by atoms with E-state index in [1.807, 2.05) is 13.8 Å². The van der Waals surface area contributed by atoms with Crippen LogP contribution in [0.15, 0.2) is 24.3 Å². The maximum Gasteiger partial charge on any atom is 0.416 e. The molecule has 0 radical (unpaired) electrons. The molecule has 1 heterocycles. The lowest BCUT2D eigenvalue weighted by atomic mass is 9.81. The third kappa shape index (κ3) is 2.86. The van der Waals surface area contributed by atoms with Crippen LogP contribution in [-0.4, -0.2) is 12.2 Å². The molecule has 1 saturated heterocycles. The molecule has 1 aromatic carbocycles. The smallest absolute Gasteiger partial charge is 0.376 e. The molecule has 1 nitrogen and oxygen atoms in total. The molecule has 0 aromatic heterocycles. The molecular weight excluding hydrogens is 241 g/mol. The average Bonchev–Trinajstić information content (AvgIpc) is 2.26. The fourth-order valence-electron chi connectivity index (χ4n) is 2.61. The molecule has 1 aromatic rings. The Bertz CT molecular complexity index is 423. The Morgan fingerprint density at radius 3 is 2.50 bits per heavy atom. The molecule has 0 amide bonds. The van der Waals surface area contributed by atoms with Crippen molar-refractivity contribution in [2.45, 2.75) is 44.4 Å². The third-order valence-corrected chi connectivity index (χ3v) is 3.40. The van der Waals surface area contributed by atoms with Crippen molar-refractivity contribution in [1.29, 1.82) is 0 Å². The van der Waals surface area contributed by atoms with Gasteiger partial charge >= 0.3 is 6.18 Å². The molecule has 4 heteroatoms. The summed E-state index contributed by atoms with van der Waals surface area (Å²) in [4.78, 5) is 0. The minimum absolute atomic E-state index is 0.0772. The van der Waals surface area contributed by atoms with Crippen molar-refractivity contribution in [2.75, 3.05) is 6.61 Å². The van der Waals surface area contributed by atoms with Crippen LogP contribution in [0.1, 0.15) is 43.7 Å². The van der Waals surface area contributed by atoms with Gasteiger partial charge in [0.1, 0.15) is 0 Å². The summed E-state index contributed by atoms with van der Waals surface area (Å²) < 4.78 is 44.5. The maximum absolute atomic E-state index is 13.0. The van der Waals surface area contributed by atoms with Crippen molar-refractivity contribution in [2.24, 2.45) is 0 Å². The SMILES string of the molecule is CC1(C)C[C@H](c2ccccc2C(F)(F)F)CCO1. The summed E-state index contributed by atoms with van der Waals surface area (Å²) >= 11 is 0. The molecule has 0 aliphatic carbocycles. The van der Waals surface area contributed by atoms with E-state index in [4.69, 9.17) is 4.74 Å². The lowest BCUT2D eigenvalue weighted by molar-refractivity contribution is -0.139. The van der Waals surface area contributed by atoms with Gasteiger partial charge < -0.3 is 4.74 Å². The van der Waals surface area contributed by atoms with Crippen LogP contribution in [-0.2, 0) is 10.9 Å². The van der Waals surface area contributed by atoms with Crippen LogP contribution >= 0.6 is 0 Å². The van der Waals surface area contributed by atoms with Crippen molar-refractivity contribution >= 4 is 0 Å². The Balaban J connectivity index is 2.33. The second-order valence-corrected chi connectivity index (χ2v) is 5.38. The van der Waals surface area contributed by atoms with Gasteiger partial charge in [-0.2, -0.15) is 13.2 Å². The number of hydrogen-bond acceptors (Lipinski definition) is 1. The lowest BCUT2D eigenvalue weighted by Crippen LogP contribution is -2.33. The summed E-state index contributed by atoms with van der Waals surface area (Å²) in [5.74, 6) is -0.0772. The van der Waals surface area contributed by atoms with Crippen LogP contribution in [0.25, 0.3) is 0 Å². The molecule has 1 fully saturated rings. The second kappa shape index (κ2) is 4.57. The predicted octanol–water partition coefficient (Wildman–Crippen LogP) is 4.38. The van der Waals surface area contributed by atoms with Crippen molar-refractivity contribution in [3.05, 3.63) is 35.4 Å². The van der Waals surface area contributed by atoms with E-state index >= 15 is 0 Å². The van der Waals surface area contributed by atoms with Crippen LogP contribution in [0, 0.1) is 0 Å². The molecule has 18 heavy (non-hydrogen) atoms. The molecule has 0 bridgehead atoms. The predicted molar refractivity (Wildman–Crippen MR) is 63.5 cm³/mol. The summed E-state index contributed by atoms with van der Waals surface area (Å²) in [7, 11) is 0. The van der Waals surface area contributed by atoms with Gasteiger partial charge in [0.25, 0.3) is 0 Å². The Morgan fingerprint density at radius 1 is 1.22 bits per heavy atom. The highest BCUT2D eigenvalue weighted by atomic mass is 19.4. The molecule has 0 N–H and O–H groups in total. The van der Waals surface area contributed by atoms with E-state index in [0.717, 1.165) is 6.07 Å². The number of benzene rings is 1. The fourth-order valence-corrected chi connectivity index (χ4v) is 2.61. The van der Waals surface area contributed by atoms with Crippen LogP contribution < -0.4 is 0 Å². The zero-order valence-electron chi connectivity index (χ0n) is 10.6. The highest BCUT2D eigenvalue weighted by Gasteiger charge is 2.37. The molecule has 1 aliphatic heterocycles. The van der Waals surface area contributed by atoms with Gasteiger partial charge in [0.2, 0.25) is 0 Å². The monoisotopic (exact) mass is 258 g/mol. The fraction of sp³-hybridized carbons (Fsp3) is 0.571. The van der Waals surface area contributed by atoms with Gasteiger partial charge in [-0.05, 0) is 44.2 Å². The van der Waals surface area contributed by atoms with E-state index in [9.17, 15) is 13.2 Å². The van der Waals surface area contributed by atoms with E-state index in [1.54, 1.807) is 12.1 Å². The molecule has 1 atom stereocenters. The van der Waals surface area contributed by atoms with Gasteiger partial charge in [-0.25, -0.2) is 0 Å². The standard InChI is InChI=1S/C14H17F3O/c1-13(2)9-10(7-8-18-13)11-5-3-4-6-12(11)14(15,16)17/h3-6,10H,7-9H2,1-2H3/t10-/m1/s1. The van der Waals surface area contributed by atoms with Crippen molar-refractivity contribution in [3.8, 4) is 0 Å². The Labute approximate surface area is 105 Å². The number of halogens is 3. The molecule has 0 unspecified atom stereocenters. The normalized spacial score (nSPS) is 23.9.